The molecule has 0 unspecified atom stereocenters. The number of H-pyrrole nitrogens is 1. The molecule has 0 atom stereocenters. The Labute approximate surface area is 197 Å². The van der Waals surface area contributed by atoms with Crippen LogP contribution in [-0.2, 0) is 6.61 Å². The second-order valence-electron chi connectivity index (χ2n) is 7.00. The van der Waals surface area contributed by atoms with E-state index < -0.39 is 51.8 Å². The maximum atomic E-state index is 14.9. The number of fused-ring (bicyclic) bond motifs is 1. The van der Waals surface area contributed by atoms with Gasteiger partial charge in [-0.25, -0.2) is 22.5 Å². The smallest absolute Gasteiger partial charge is 0.333 e. The van der Waals surface area contributed by atoms with Gasteiger partial charge in [0.05, 0.1) is 47.2 Å². The minimum Gasteiger partial charge on any atom is -0.544 e. The summed E-state index contributed by atoms with van der Waals surface area (Å²) in [4.78, 5) is 38.8. The van der Waals surface area contributed by atoms with Crippen LogP contribution < -0.4 is 30.6 Å². The first-order chi connectivity index (χ1) is 16.7. The first-order valence-corrected chi connectivity index (χ1v) is 10.5. The predicted octanol–water partition coefficient (Wildman–Crippen LogP) is 2.12. The molecule has 2 heterocycles. The van der Waals surface area contributed by atoms with Crippen LogP contribution in [-0.4, -0.2) is 29.7 Å². The number of ether oxygens (including phenoxy) is 3. The minimum absolute atomic E-state index is 0.0180. The third-order valence-electron chi connectivity index (χ3n) is 5.06. The molecule has 0 aliphatic heterocycles. The van der Waals surface area contributed by atoms with Gasteiger partial charge in [-0.2, -0.15) is 0 Å². The van der Waals surface area contributed by atoms with Crippen molar-refractivity contribution in [1.82, 2.24) is 9.55 Å². The molecule has 0 amide bonds. The number of aromatic amines is 1. The largest absolute Gasteiger partial charge is 0.544 e. The summed E-state index contributed by atoms with van der Waals surface area (Å²) < 4.78 is 58.9. The quantitative estimate of drug-likeness (QED) is 0.407. The fourth-order valence-electron chi connectivity index (χ4n) is 3.43. The SMILES string of the molecule is COc1cc(F)c(-n2c(=O)[nH]c3csc(C(=O)[O-])c3c2=O)cc1OCc1c(OC)ccc(F)c1F. The van der Waals surface area contributed by atoms with E-state index in [1.165, 1.54) is 25.7 Å². The van der Waals surface area contributed by atoms with Crippen molar-refractivity contribution in [3.8, 4) is 22.9 Å². The molecule has 0 radical (unpaired) electrons. The van der Waals surface area contributed by atoms with Gasteiger partial charge in [0.25, 0.3) is 5.56 Å². The predicted molar refractivity (Wildman–Crippen MR) is 116 cm³/mol. The monoisotopic (exact) mass is 507 g/mol. The molecule has 1 N–H and O–H groups in total. The number of nitrogens with one attached hydrogen (secondary N) is 1. The van der Waals surface area contributed by atoms with Crippen molar-refractivity contribution in [3.63, 3.8) is 0 Å². The molecule has 0 aliphatic rings. The average molecular weight is 507 g/mol. The number of methoxy groups -OCH3 is 2. The number of carboxylic acids is 1. The van der Waals surface area contributed by atoms with Gasteiger partial charge in [-0.3, -0.25) is 4.79 Å². The highest BCUT2D eigenvalue weighted by Crippen LogP contribution is 2.33. The molecule has 2 aromatic heterocycles. The highest BCUT2D eigenvalue weighted by atomic mass is 32.1. The number of nitrogens with zero attached hydrogens (tertiary/aromatic N) is 1. The van der Waals surface area contributed by atoms with Gasteiger partial charge in [-0.05, 0) is 12.1 Å². The second-order valence-corrected chi connectivity index (χ2v) is 7.88. The van der Waals surface area contributed by atoms with Crippen molar-refractivity contribution in [2.75, 3.05) is 14.2 Å². The Morgan fingerprint density at radius 2 is 1.77 bits per heavy atom. The number of carboxylic acid groups (broad SMARTS) is 1. The fourth-order valence-corrected chi connectivity index (χ4v) is 4.25. The van der Waals surface area contributed by atoms with Crippen LogP contribution in [0, 0.1) is 17.5 Å². The lowest BCUT2D eigenvalue weighted by molar-refractivity contribution is -0.254. The van der Waals surface area contributed by atoms with E-state index in [-0.39, 0.29) is 33.7 Å². The van der Waals surface area contributed by atoms with Crippen molar-refractivity contribution in [2.45, 2.75) is 6.61 Å². The van der Waals surface area contributed by atoms with Crippen molar-refractivity contribution in [1.29, 1.82) is 0 Å². The van der Waals surface area contributed by atoms with Crippen LogP contribution in [0.2, 0.25) is 0 Å². The molecule has 0 aliphatic carbocycles. The lowest BCUT2D eigenvalue weighted by Gasteiger charge is -2.16. The van der Waals surface area contributed by atoms with Crippen LogP contribution in [0.5, 0.6) is 17.2 Å². The number of hydrogen-bond acceptors (Lipinski definition) is 8. The van der Waals surface area contributed by atoms with E-state index in [2.05, 4.69) is 4.98 Å². The van der Waals surface area contributed by atoms with E-state index in [0.717, 1.165) is 18.2 Å². The number of rotatable bonds is 7. The van der Waals surface area contributed by atoms with Gasteiger partial charge >= 0.3 is 5.69 Å². The van der Waals surface area contributed by atoms with E-state index in [9.17, 15) is 32.7 Å². The average Bonchev–Trinajstić information content (AvgIpc) is 3.25. The summed E-state index contributed by atoms with van der Waals surface area (Å²) in [5, 5.41) is 12.2. The molecule has 0 bridgehead atoms. The van der Waals surface area contributed by atoms with Crippen molar-refractivity contribution >= 4 is 28.2 Å². The molecule has 4 rings (SSSR count). The van der Waals surface area contributed by atoms with E-state index in [1.54, 1.807) is 0 Å². The molecule has 0 saturated heterocycles. The Morgan fingerprint density at radius 1 is 1.06 bits per heavy atom. The standard InChI is InChI=1S/C22H15F3N2O7S/c1-32-14-4-3-10(23)18(25)9(14)7-34-16-6-13(11(24)5-15(16)33-2)27-20(28)17-12(26-22(27)31)8-35-19(17)21(29)30/h3-6,8H,7H2,1-2H3,(H,26,31)(H,29,30)/p-1. The highest BCUT2D eigenvalue weighted by Gasteiger charge is 2.21. The Bertz CT molecular complexity index is 1590. The van der Waals surface area contributed by atoms with Crippen molar-refractivity contribution in [3.05, 3.63) is 78.4 Å². The van der Waals surface area contributed by atoms with E-state index >= 15 is 0 Å². The maximum absolute atomic E-state index is 14.9. The van der Waals surface area contributed by atoms with Gasteiger partial charge in [-0.15, -0.1) is 11.3 Å². The molecule has 0 saturated carbocycles. The zero-order valence-electron chi connectivity index (χ0n) is 17.9. The van der Waals surface area contributed by atoms with Crippen molar-refractivity contribution < 1.29 is 37.3 Å². The van der Waals surface area contributed by atoms with Crippen LogP contribution in [0.15, 0.2) is 39.2 Å². The van der Waals surface area contributed by atoms with Gasteiger partial charge < -0.3 is 29.1 Å². The summed E-state index contributed by atoms with van der Waals surface area (Å²) in [7, 11) is 2.43. The van der Waals surface area contributed by atoms with Gasteiger partial charge in [0.1, 0.15) is 12.4 Å². The molecule has 0 fully saturated rings. The molecule has 182 valence electrons. The summed E-state index contributed by atoms with van der Waals surface area (Å²) in [6.07, 6.45) is 0. The number of aromatic nitrogens is 2. The number of hydrogen-bond donors (Lipinski definition) is 1. The second kappa shape index (κ2) is 9.18. The zero-order chi connectivity index (χ0) is 25.4. The number of halogens is 3. The van der Waals surface area contributed by atoms with Crippen LogP contribution in [0.3, 0.4) is 0 Å². The number of aromatic carboxylic acids is 1. The van der Waals surface area contributed by atoms with Crippen LogP contribution in [0.4, 0.5) is 13.2 Å². The lowest BCUT2D eigenvalue weighted by Crippen LogP contribution is -2.35. The number of carbonyl (C=O) groups excluding carboxylic acids is 1. The molecule has 0 spiro atoms. The summed E-state index contributed by atoms with van der Waals surface area (Å²) in [5.41, 5.74) is -3.11. The summed E-state index contributed by atoms with van der Waals surface area (Å²) >= 11 is 0.661. The van der Waals surface area contributed by atoms with E-state index in [0.29, 0.717) is 15.9 Å². The Morgan fingerprint density at radius 3 is 2.43 bits per heavy atom. The topological polar surface area (TPSA) is 123 Å². The van der Waals surface area contributed by atoms with Gasteiger partial charge in [-0.1, -0.05) is 0 Å². The molecule has 9 nitrogen and oxygen atoms in total. The molecule has 4 aromatic rings. The summed E-state index contributed by atoms with van der Waals surface area (Å²) in [5.74, 6) is -5.54. The number of thiophene rings is 1. The van der Waals surface area contributed by atoms with E-state index in [1.807, 2.05) is 0 Å². The fraction of sp³-hybridized carbons (Fsp3) is 0.136. The first-order valence-electron chi connectivity index (χ1n) is 9.67. The summed E-state index contributed by atoms with van der Waals surface area (Å²) in [6, 6.07) is 3.81. The van der Waals surface area contributed by atoms with Gasteiger partial charge in [0.15, 0.2) is 29.0 Å². The van der Waals surface area contributed by atoms with Gasteiger partial charge in [0, 0.05) is 17.5 Å². The molecule has 35 heavy (non-hydrogen) atoms. The first kappa shape index (κ1) is 23.9. The third-order valence-corrected chi connectivity index (χ3v) is 6.02. The number of carbonyl (C=O) groups is 1. The molecule has 2 aromatic carbocycles. The van der Waals surface area contributed by atoms with Gasteiger partial charge in [0.2, 0.25) is 0 Å². The summed E-state index contributed by atoms with van der Waals surface area (Å²) in [6.45, 7) is -0.585. The van der Waals surface area contributed by atoms with Crippen LogP contribution >= 0.6 is 11.3 Å². The van der Waals surface area contributed by atoms with Crippen LogP contribution in [0.1, 0.15) is 15.2 Å². The normalized spacial score (nSPS) is 11.0. The molecule has 13 heteroatoms. The Hall–Kier alpha value is -4.26. The minimum atomic E-state index is -1.65. The van der Waals surface area contributed by atoms with E-state index in [4.69, 9.17) is 14.2 Å². The molecular weight excluding hydrogens is 493 g/mol. The third kappa shape index (κ3) is 4.10. The Balaban J connectivity index is 1.86. The zero-order valence-corrected chi connectivity index (χ0v) is 18.8. The Kier molecular flexibility index (Phi) is 6.26. The van der Waals surface area contributed by atoms with Crippen LogP contribution in [0.25, 0.3) is 16.6 Å². The molecular formula is C22H14F3N2O7S-. The van der Waals surface area contributed by atoms with Crippen molar-refractivity contribution in [2.24, 2.45) is 0 Å². The number of benzene rings is 2. The highest BCUT2D eigenvalue weighted by molar-refractivity contribution is 7.13. The maximum Gasteiger partial charge on any atom is 0.333 e. The lowest BCUT2D eigenvalue weighted by atomic mass is 10.2.